The molecule has 0 atom stereocenters. The van der Waals surface area contributed by atoms with Crippen molar-refractivity contribution in [3.8, 4) is 17.2 Å². The van der Waals surface area contributed by atoms with Gasteiger partial charge in [0.1, 0.15) is 22.8 Å². The third kappa shape index (κ3) is 3.72. The van der Waals surface area contributed by atoms with Gasteiger partial charge in [-0.25, -0.2) is 0 Å². The first-order valence-electron chi connectivity index (χ1n) is 7.65. The number of amides is 1. The number of halogens is 1. The Kier molecular flexibility index (Phi) is 5.45. The molecule has 25 heavy (non-hydrogen) atoms. The van der Waals surface area contributed by atoms with E-state index in [0.717, 1.165) is 21.3 Å². The van der Waals surface area contributed by atoms with Crippen LogP contribution in [0, 0.1) is 0 Å². The van der Waals surface area contributed by atoms with E-state index in [0.29, 0.717) is 30.2 Å². The fourth-order valence-electron chi connectivity index (χ4n) is 2.73. The minimum Gasteiger partial charge on any atom is -0.496 e. The Morgan fingerprint density at radius 2 is 1.96 bits per heavy atom. The molecule has 2 aromatic carbocycles. The summed E-state index contributed by atoms with van der Waals surface area (Å²) in [7, 11) is 3.04. The number of fused-ring (bicyclic) bond motifs is 1. The lowest BCUT2D eigenvalue weighted by molar-refractivity contribution is -0.0171. The van der Waals surface area contributed by atoms with Gasteiger partial charge in [-0.15, -0.1) is 0 Å². The molecule has 0 saturated carbocycles. The molecular weight excluding hydrogens is 390 g/mol. The van der Waals surface area contributed by atoms with Crippen molar-refractivity contribution >= 4 is 21.8 Å². The number of nitrogens with one attached hydrogen (secondary N) is 1. The van der Waals surface area contributed by atoms with E-state index in [1.54, 1.807) is 18.2 Å². The first-order chi connectivity index (χ1) is 12.1. The predicted molar refractivity (Wildman–Crippen MR) is 95.1 cm³/mol. The smallest absolute Gasteiger partial charge is 0.259 e. The monoisotopic (exact) mass is 407 g/mol. The summed E-state index contributed by atoms with van der Waals surface area (Å²) in [6.07, 6.45) is 0. The zero-order valence-electron chi connectivity index (χ0n) is 13.9. The van der Waals surface area contributed by atoms with E-state index in [4.69, 9.17) is 18.9 Å². The number of carbonyl (C=O) groups excluding carboxylic acids is 1. The zero-order chi connectivity index (χ0) is 17.8. The fourth-order valence-corrected chi connectivity index (χ4v) is 3.28. The van der Waals surface area contributed by atoms with Gasteiger partial charge < -0.3 is 24.3 Å². The Bertz CT molecular complexity index is 771. The van der Waals surface area contributed by atoms with Crippen LogP contribution in [-0.2, 0) is 17.9 Å². The molecule has 0 saturated heterocycles. The third-order valence-corrected chi connectivity index (χ3v) is 4.30. The second kappa shape index (κ2) is 7.76. The molecule has 0 aliphatic carbocycles. The summed E-state index contributed by atoms with van der Waals surface area (Å²) in [5.74, 6) is 1.38. The van der Waals surface area contributed by atoms with Crippen LogP contribution in [0.4, 0.5) is 0 Å². The van der Waals surface area contributed by atoms with Crippen molar-refractivity contribution in [1.82, 2.24) is 5.32 Å². The second-order valence-electron chi connectivity index (χ2n) is 5.38. The highest BCUT2D eigenvalue weighted by Crippen LogP contribution is 2.32. The van der Waals surface area contributed by atoms with Gasteiger partial charge in [-0.3, -0.25) is 4.79 Å². The number of ether oxygens (including phenoxy) is 4. The molecule has 1 heterocycles. The molecule has 1 aliphatic heterocycles. The molecule has 2 aromatic rings. The van der Waals surface area contributed by atoms with Gasteiger partial charge in [0.25, 0.3) is 5.91 Å². The Labute approximate surface area is 154 Å². The quantitative estimate of drug-likeness (QED) is 0.823. The highest BCUT2D eigenvalue weighted by atomic mass is 79.9. The van der Waals surface area contributed by atoms with Gasteiger partial charge in [0.15, 0.2) is 6.79 Å². The summed E-state index contributed by atoms with van der Waals surface area (Å²) in [6.45, 7) is 0.994. The van der Waals surface area contributed by atoms with Crippen LogP contribution >= 0.6 is 15.9 Å². The van der Waals surface area contributed by atoms with Crippen LogP contribution in [-0.4, -0.2) is 26.9 Å². The summed E-state index contributed by atoms with van der Waals surface area (Å²) < 4.78 is 22.4. The standard InChI is InChI=1S/C18H18BrNO5/c1-22-14-4-3-5-15(23-2)16(14)18(21)20-8-11-6-13(19)7-12-9-24-10-25-17(11)12/h3-7H,8-10H2,1-2H3,(H,20,21). The fraction of sp³-hybridized carbons (Fsp3) is 0.278. The minimum atomic E-state index is -0.282. The van der Waals surface area contributed by atoms with Crippen LogP contribution in [0.3, 0.4) is 0 Å². The molecule has 0 spiro atoms. The number of benzene rings is 2. The molecule has 6 nitrogen and oxygen atoms in total. The second-order valence-corrected chi connectivity index (χ2v) is 6.30. The van der Waals surface area contributed by atoms with Gasteiger partial charge in [-0.2, -0.15) is 0 Å². The van der Waals surface area contributed by atoms with Crippen LogP contribution in [0.2, 0.25) is 0 Å². The van der Waals surface area contributed by atoms with Gasteiger partial charge in [-0.05, 0) is 24.3 Å². The summed E-state index contributed by atoms with van der Waals surface area (Å²) in [5.41, 5.74) is 2.18. The summed E-state index contributed by atoms with van der Waals surface area (Å²) in [6, 6.07) is 9.08. The average Bonchev–Trinajstić information content (AvgIpc) is 2.64. The van der Waals surface area contributed by atoms with Gasteiger partial charge in [0, 0.05) is 22.1 Å². The molecule has 0 fully saturated rings. The molecule has 0 aromatic heterocycles. The maximum Gasteiger partial charge on any atom is 0.259 e. The molecule has 0 unspecified atom stereocenters. The molecule has 1 N–H and O–H groups in total. The van der Waals surface area contributed by atoms with Crippen LogP contribution in [0.15, 0.2) is 34.8 Å². The molecule has 1 aliphatic rings. The largest absolute Gasteiger partial charge is 0.496 e. The number of methoxy groups -OCH3 is 2. The maximum atomic E-state index is 12.7. The lowest BCUT2D eigenvalue weighted by Crippen LogP contribution is -2.25. The Morgan fingerprint density at radius 3 is 2.64 bits per heavy atom. The van der Waals surface area contributed by atoms with E-state index in [1.165, 1.54) is 14.2 Å². The van der Waals surface area contributed by atoms with Crippen molar-refractivity contribution in [3.63, 3.8) is 0 Å². The number of hydrogen-bond acceptors (Lipinski definition) is 5. The van der Waals surface area contributed by atoms with Crippen LogP contribution in [0.5, 0.6) is 17.2 Å². The Hall–Kier alpha value is -2.25. The van der Waals surface area contributed by atoms with Gasteiger partial charge in [0.05, 0.1) is 20.8 Å². The van der Waals surface area contributed by atoms with E-state index >= 15 is 0 Å². The highest BCUT2D eigenvalue weighted by molar-refractivity contribution is 9.10. The van der Waals surface area contributed by atoms with Crippen LogP contribution in [0.1, 0.15) is 21.5 Å². The van der Waals surface area contributed by atoms with Crippen molar-refractivity contribution < 1.29 is 23.7 Å². The minimum absolute atomic E-state index is 0.204. The summed E-state index contributed by atoms with van der Waals surface area (Å²) >= 11 is 3.48. The van der Waals surface area contributed by atoms with Crippen molar-refractivity contribution in [2.24, 2.45) is 0 Å². The summed E-state index contributed by atoms with van der Waals surface area (Å²) in [5, 5.41) is 2.90. The van der Waals surface area contributed by atoms with Gasteiger partial charge in [0.2, 0.25) is 0 Å². The van der Waals surface area contributed by atoms with E-state index in [9.17, 15) is 4.79 Å². The van der Waals surface area contributed by atoms with E-state index in [1.807, 2.05) is 12.1 Å². The van der Waals surface area contributed by atoms with Crippen LogP contribution in [0.25, 0.3) is 0 Å². The lowest BCUT2D eigenvalue weighted by Gasteiger charge is -2.21. The number of carbonyl (C=O) groups is 1. The van der Waals surface area contributed by atoms with Gasteiger partial charge in [-0.1, -0.05) is 22.0 Å². The highest BCUT2D eigenvalue weighted by Gasteiger charge is 2.20. The number of hydrogen-bond donors (Lipinski definition) is 1. The van der Waals surface area contributed by atoms with E-state index < -0.39 is 0 Å². The lowest BCUT2D eigenvalue weighted by atomic mass is 10.1. The van der Waals surface area contributed by atoms with Gasteiger partial charge >= 0.3 is 0 Å². The van der Waals surface area contributed by atoms with Crippen molar-refractivity contribution in [2.45, 2.75) is 13.2 Å². The average molecular weight is 408 g/mol. The van der Waals surface area contributed by atoms with Crippen molar-refractivity contribution in [3.05, 3.63) is 51.5 Å². The maximum absolute atomic E-state index is 12.7. The predicted octanol–water partition coefficient (Wildman–Crippen LogP) is 3.26. The first kappa shape index (κ1) is 17.6. The van der Waals surface area contributed by atoms with E-state index in [-0.39, 0.29) is 12.7 Å². The Balaban J connectivity index is 1.83. The number of rotatable bonds is 5. The van der Waals surface area contributed by atoms with E-state index in [2.05, 4.69) is 21.2 Å². The SMILES string of the molecule is COc1cccc(OC)c1C(=O)NCc1cc(Br)cc2c1OCOC2. The first-order valence-corrected chi connectivity index (χ1v) is 8.44. The van der Waals surface area contributed by atoms with Crippen molar-refractivity contribution in [2.75, 3.05) is 21.0 Å². The zero-order valence-corrected chi connectivity index (χ0v) is 15.5. The normalized spacial score (nSPS) is 12.8. The molecule has 132 valence electrons. The van der Waals surface area contributed by atoms with Crippen LogP contribution < -0.4 is 19.5 Å². The molecule has 0 bridgehead atoms. The molecule has 0 radical (unpaired) electrons. The molecular formula is C18H18BrNO5. The molecule has 7 heteroatoms. The molecule has 3 rings (SSSR count). The summed E-state index contributed by atoms with van der Waals surface area (Å²) in [4.78, 5) is 12.7. The molecule has 1 amide bonds. The third-order valence-electron chi connectivity index (χ3n) is 3.85. The topological polar surface area (TPSA) is 66.0 Å². The Morgan fingerprint density at radius 1 is 1.24 bits per heavy atom. The van der Waals surface area contributed by atoms with Crippen molar-refractivity contribution in [1.29, 1.82) is 0 Å².